The molecule has 1 aromatic carbocycles. The maximum atomic E-state index is 6.43. The number of anilines is 1. The predicted molar refractivity (Wildman–Crippen MR) is 94.4 cm³/mol. The van der Waals surface area contributed by atoms with Crippen LogP contribution in [0, 0.1) is 5.92 Å². The molecule has 0 bridgehead atoms. The second-order valence-electron chi connectivity index (χ2n) is 6.35. The Balaban J connectivity index is 2.69. The van der Waals surface area contributed by atoms with Crippen molar-refractivity contribution in [2.45, 2.75) is 26.8 Å². The molecule has 0 amide bonds. The Labute approximate surface area is 135 Å². The van der Waals surface area contributed by atoms with Crippen molar-refractivity contribution in [3.8, 4) is 0 Å². The van der Waals surface area contributed by atoms with Crippen molar-refractivity contribution >= 4 is 17.3 Å². The molecular formula is C17H30ClN3. The molecule has 0 aliphatic carbocycles. The summed E-state index contributed by atoms with van der Waals surface area (Å²) >= 11 is 6.43. The van der Waals surface area contributed by atoms with E-state index in [2.05, 4.69) is 56.2 Å². The van der Waals surface area contributed by atoms with Crippen molar-refractivity contribution in [2.24, 2.45) is 5.92 Å². The molecule has 4 heteroatoms. The van der Waals surface area contributed by atoms with Gasteiger partial charge in [-0.05, 0) is 51.2 Å². The summed E-state index contributed by atoms with van der Waals surface area (Å²) in [5.41, 5.74) is 2.43. The molecule has 0 aromatic heterocycles. The zero-order chi connectivity index (χ0) is 15.8. The summed E-state index contributed by atoms with van der Waals surface area (Å²) in [5.74, 6) is 0.658. The van der Waals surface area contributed by atoms with E-state index in [1.807, 2.05) is 12.1 Å². The van der Waals surface area contributed by atoms with Crippen LogP contribution in [0.5, 0.6) is 0 Å². The second kappa shape index (κ2) is 9.29. The lowest BCUT2D eigenvalue weighted by Crippen LogP contribution is -2.26. The van der Waals surface area contributed by atoms with Gasteiger partial charge in [-0.2, -0.15) is 0 Å². The molecule has 0 saturated carbocycles. The van der Waals surface area contributed by atoms with E-state index in [0.717, 1.165) is 43.3 Å². The summed E-state index contributed by atoms with van der Waals surface area (Å²) in [4.78, 5) is 4.49. The van der Waals surface area contributed by atoms with Crippen LogP contribution in [-0.2, 0) is 6.54 Å². The van der Waals surface area contributed by atoms with E-state index in [9.17, 15) is 0 Å². The van der Waals surface area contributed by atoms with Crippen molar-refractivity contribution in [1.29, 1.82) is 0 Å². The standard InChI is InChI=1S/C17H30ClN3/c1-14(2)12-19-13-15-8-6-9-16(18)17(15)21(5)11-7-10-20(3)4/h6,8-9,14,19H,7,10-13H2,1-5H3. The van der Waals surface area contributed by atoms with E-state index >= 15 is 0 Å². The number of halogens is 1. The smallest absolute Gasteiger partial charge is 0.0642 e. The highest BCUT2D eigenvalue weighted by molar-refractivity contribution is 6.33. The summed E-state index contributed by atoms with van der Waals surface area (Å²) in [6.07, 6.45) is 1.13. The monoisotopic (exact) mass is 311 g/mol. The molecule has 3 nitrogen and oxygen atoms in total. The zero-order valence-electron chi connectivity index (χ0n) is 14.1. The van der Waals surface area contributed by atoms with E-state index in [1.165, 1.54) is 5.56 Å². The minimum absolute atomic E-state index is 0.658. The number of hydrogen-bond donors (Lipinski definition) is 1. The number of para-hydroxylation sites is 1. The third kappa shape index (κ3) is 6.68. The molecule has 0 heterocycles. The van der Waals surface area contributed by atoms with Gasteiger partial charge in [-0.25, -0.2) is 0 Å². The molecule has 0 fully saturated rings. The highest BCUT2D eigenvalue weighted by Crippen LogP contribution is 2.29. The number of benzene rings is 1. The molecule has 0 saturated heterocycles. The van der Waals surface area contributed by atoms with Crippen molar-refractivity contribution in [1.82, 2.24) is 10.2 Å². The van der Waals surface area contributed by atoms with Crippen LogP contribution in [0.1, 0.15) is 25.8 Å². The molecule has 0 aliphatic heterocycles. The molecule has 0 spiro atoms. The van der Waals surface area contributed by atoms with Gasteiger partial charge < -0.3 is 15.1 Å². The van der Waals surface area contributed by atoms with E-state index in [4.69, 9.17) is 11.6 Å². The third-order valence-corrected chi connectivity index (χ3v) is 3.72. The molecule has 1 N–H and O–H groups in total. The molecular weight excluding hydrogens is 282 g/mol. The van der Waals surface area contributed by atoms with Crippen molar-refractivity contribution < 1.29 is 0 Å². The lowest BCUT2D eigenvalue weighted by atomic mass is 10.1. The SMILES string of the molecule is CC(C)CNCc1cccc(Cl)c1N(C)CCCN(C)C. The van der Waals surface area contributed by atoms with Gasteiger partial charge >= 0.3 is 0 Å². The Kier molecular flexibility index (Phi) is 8.09. The number of nitrogens with one attached hydrogen (secondary N) is 1. The summed E-state index contributed by atoms with van der Waals surface area (Å²) in [5, 5.41) is 4.34. The van der Waals surface area contributed by atoms with E-state index in [0.29, 0.717) is 5.92 Å². The van der Waals surface area contributed by atoms with Crippen LogP contribution in [0.25, 0.3) is 0 Å². The minimum atomic E-state index is 0.658. The highest BCUT2D eigenvalue weighted by Gasteiger charge is 2.11. The van der Waals surface area contributed by atoms with Crippen molar-refractivity contribution in [3.05, 3.63) is 28.8 Å². The van der Waals surface area contributed by atoms with Gasteiger partial charge in [0.05, 0.1) is 10.7 Å². The molecule has 1 aromatic rings. The Morgan fingerprint density at radius 2 is 1.86 bits per heavy atom. The normalized spacial score (nSPS) is 11.4. The largest absolute Gasteiger partial charge is 0.373 e. The Bertz CT molecular complexity index is 418. The molecule has 21 heavy (non-hydrogen) atoms. The summed E-state index contributed by atoms with van der Waals surface area (Å²) in [6.45, 7) is 8.44. The van der Waals surface area contributed by atoms with E-state index in [1.54, 1.807) is 0 Å². The first-order valence-corrected chi connectivity index (χ1v) is 8.13. The van der Waals surface area contributed by atoms with E-state index in [-0.39, 0.29) is 0 Å². The summed E-state index contributed by atoms with van der Waals surface area (Å²) in [6, 6.07) is 6.17. The maximum Gasteiger partial charge on any atom is 0.0642 e. The highest BCUT2D eigenvalue weighted by atomic mass is 35.5. The van der Waals surface area contributed by atoms with Crippen LogP contribution < -0.4 is 10.2 Å². The van der Waals surface area contributed by atoms with Crippen LogP contribution in [0.4, 0.5) is 5.69 Å². The van der Waals surface area contributed by atoms with Gasteiger partial charge in [0, 0.05) is 20.1 Å². The maximum absolute atomic E-state index is 6.43. The van der Waals surface area contributed by atoms with Gasteiger partial charge in [-0.3, -0.25) is 0 Å². The summed E-state index contributed by atoms with van der Waals surface area (Å²) in [7, 11) is 6.34. The first kappa shape index (κ1) is 18.3. The number of nitrogens with zero attached hydrogens (tertiary/aromatic N) is 2. The fourth-order valence-electron chi connectivity index (χ4n) is 2.36. The lowest BCUT2D eigenvalue weighted by Gasteiger charge is -2.25. The predicted octanol–water partition coefficient (Wildman–Crippen LogP) is 3.47. The van der Waals surface area contributed by atoms with Crippen molar-refractivity contribution in [2.75, 3.05) is 45.7 Å². The Hall–Kier alpha value is -0.770. The van der Waals surface area contributed by atoms with Gasteiger partial charge in [0.25, 0.3) is 0 Å². The molecule has 0 atom stereocenters. The quantitative estimate of drug-likeness (QED) is 0.753. The first-order chi connectivity index (χ1) is 9.91. The molecule has 120 valence electrons. The number of hydrogen-bond acceptors (Lipinski definition) is 3. The van der Waals surface area contributed by atoms with Gasteiger partial charge in [0.2, 0.25) is 0 Å². The zero-order valence-corrected chi connectivity index (χ0v) is 14.9. The second-order valence-corrected chi connectivity index (χ2v) is 6.76. The van der Waals surface area contributed by atoms with Crippen LogP contribution in [0.2, 0.25) is 5.02 Å². The van der Waals surface area contributed by atoms with Crippen LogP contribution >= 0.6 is 11.6 Å². The van der Waals surface area contributed by atoms with Crippen LogP contribution in [0.15, 0.2) is 18.2 Å². The first-order valence-electron chi connectivity index (χ1n) is 7.75. The molecule has 1 rings (SSSR count). The van der Waals surface area contributed by atoms with Gasteiger partial charge in [-0.1, -0.05) is 37.6 Å². The van der Waals surface area contributed by atoms with Gasteiger partial charge in [0.1, 0.15) is 0 Å². The molecule has 0 unspecified atom stereocenters. The van der Waals surface area contributed by atoms with Crippen LogP contribution in [0.3, 0.4) is 0 Å². The lowest BCUT2D eigenvalue weighted by molar-refractivity contribution is 0.401. The third-order valence-electron chi connectivity index (χ3n) is 3.42. The van der Waals surface area contributed by atoms with Gasteiger partial charge in [0.15, 0.2) is 0 Å². The topological polar surface area (TPSA) is 18.5 Å². The fraction of sp³-hybridized carbons (Fsp3) is 0.647. The fourth-order valence-corrected chi connectivity index (χ4v) is 2.70. The average molecular weight is 312 g/mol. The molecule has 0 aliphatic rings. The average Bonchev–Trinajstić information content (AvgIpc) is 2.37. The number of rotatable bonds is 9. The summed E-state index contributed by atoms with van der Waals surface area (Å²) < 4.78 is 0. The Morgan fingerprint density at radius 3 is 2.48 bits per heavy atom. The van der Waals surface area contributed by atoms with Crippen LogP contribution in [-0.4, -0.2) is 45.7 Å². The van der Waals surface area contributed by atoms with E-state index < -0.39 is 0 Å². The molecule has 0 radical (unpaired) electrons. The minimum Gasteiger partial charge on any atom is -0.373 e. The van der Waals surface area contributed by atoms with Crippen molar-refractivity contribution in [3.63, 3.8) is 0 Å². The Morgan fingerprint density at radius 1 is 1.14 bits per heavy atom. The van der Waals surface area contributed by atoms with Gasteiger partial charge in [-0.15, -0.1) is 0 Å².